The number of benzene rings is 1. The highest BCUT2D eigenvalue weighted by Gasteiger charge is 2.25. The van der Waals surface area contributed by atoms with Crippen LogP contribution in [-0.4, -0.2) is 42.6 Å². The number of rotatable bonds is 6. The minimum absolute atomic E-state index is 0.0260. The van der Waals surface area contributed by atoms with E-state index in [0.29, 0.717) is 6.54 Å². The first-order valence-corrected chi connectivity index (χ1v) is 8.45. The van der Waals surface area contributed by atoms with Crippen molar-refractivity contribution >= 4 is 23.2 Å². The number of nitro groups is 1. The first kappa shape index (κ1) is 18.6. The maximum absolute atomic E-state index is 13.0. The van der Waals surface area contributed by atoms with Crippen LogP contribution in [0, 0.1) is 21.8 Å². The number of anilines is 2. The lowest BCUT2D eigenvalue weighted by Crippen LogP contribution is -2.22. The van der Waals surface area contributed by atoms with Gasteiger partial charge in [-0.25, -0.2) is 14.2 Å². The normalized spacial score (nSPS) is 16.2. The lowest BCUT2D eigenvalue weighted by Gasteiger charge is -2.19. The predicted octanol–water partition coefficient (Wildman–Crippen LogP) is 2.85. The van der Waals surface area contributed by atoms with Gasteiger partial charge < -0.3 is 15.0 Å². The average molecular weight is 374 g/mol. The third kappa shape index (κ3) is 4.30. The molecule has 0 saturated carbocycles. The summed E-state index contributed by atoms with van der Waals surface area (Å²) in [4.78, 5) is 28.4. The summed E-state index contributed by atoms with van der Waals surface area (Å²) < 4.78 is 17.6. The minimum atomic E-state index is -0.678. The van der Waals surface area contributed by atoms with E-state index in [2.05, 4.69) is 19.9 Å². The van der Waals surface area contributed by atoms with E-state index >= 15 is 0 Å². The molecule has 1 aromatic carbocycles. The maximum Gasteiger partial charge on any atom is 0.339 e. The van der Waals surface area contributed by atoms with E-state index in [0.717, 1.165) is 31.3 Å². The van der Waals surface area contributed by atoms with Crippen LogP contribution in [0.5, 0.6) is 0 Å². The molecule has 1 unspecified atom stereocenters. The van der Waals surface area contributed by atoms with E-state index in [9.17, 15) is 19.3 Å². The number of carbonyl (C=O) groups is 1. The topological polar surface area (TPSA) is 97.6 Å². The second-order valence-electron chi connectivity index (χ2n) is 6.30. The number of nitrogens with zero attached hydrogens (tertiary/aromatic N) is 3. The van der Waals surface area contributed by atoms with Gasteiger partial charge in [-0.15, -0.1) is 0 Å². The number of ether oxygens (including phenoxy) is 1. The van der Waals surface area contributed by atoms with E-state index in [-0.39, 0.29) is 28.8 Å². The monoisotopic (exact) mass is 374 g/mol. The van der Waals surface area contributed by atoms with Gasteiger partial charge in [0.25, 0.3) is 0 Å². The Balaban J connectivity index is 1.64. The summed E-state index contributed by atoms with van der Waals surface area (Å²) in [5.41, 5.74) is 0.704. The van der Waals surface area contributed by atoms with Crippen LogP contribution in [0.25, 0.3) is 0 Å². The van der Waals surface area contributed by atoms with Crippen LogP contribution in [0.3, 0.4) is 0 Å². The third-order valence-electron chi connectivity index (χ3n) is 4.52. The second kappa shape index (κ2) is 7.98. The highest BCUT2D eigenvalue weighted by molar-refractivity contribution is 5.90. The summed E-state index contributed by atoms with van der Waals surface area (Å²) in [7, 11) is 1.20. The molecule has 0 bridgehead atoms. The molecule has 27 heavy (non-hydrogen) atoms. The molecule has 1 saturated heterocycles. The van der Waals surface area contributed by atoms with Crippen molar-refractivity contribution in [2.75, 3.05) is 37.0 Å². The Morgan fingerprint density at radius 1 is 1.44 bits per heavy atom. The minimum Gasteiger partial charge on any atom is -0.465 e. The van der Waals surface area contributed by atoms with Crippen molar-refractivity contribution in [1.82, 2.24) is 4.98 Å². The molecule has 1 atom stereocenters. The highest BCUT2D eigenvalue weighted by Crippen LogP contribution is 2.27. The van der Waals surface area contributed by atoms with Gasteiger partial charge in [-0.05, 0) is 36.6 Å². The number of hydrogen-bond donors (Lipinski definition) is 1. The molecule has 1 aromatic heterocycles. The Labute approximate surface area is 155 Å². The standard InChI is InChI=1S/C18H19FN4O4/c1-27-18(24)13-8-16(23(25)26)17(21-10-13)20-9-12-6-7-22(11-12)15-4-2-14(19)3-5-15/h2-5,8,10,12H,6-7,9,11H2,1H3,(H,20,21). The van der Waals surface area contributed by atoms with E-state index < -0.39 is 10.9 Å². The van der Waals surface area contributed by atoms with Gasteiger partial charge in [0.05, 0.1) is 17.6 Å². The first-order valence-electron chi connectivity index (χ1n) is 8.45. The van der Waals surface area contributed by atoms with Crippen LogP contribution in [0.1, 0.15) is 16.8 Å². The molecule has 0 spiro atoms. The van der Waals surface area contributed by atoms with E-state index in [4.69, 9.17) is 0 Å². The van der Waals surface area contributed by atoms with Crippen LogP contribution in [-0.2, 0) is 4.74 Å². The zero-order valence-corrected chi connectivity index (χ0v) is 14.7. The lowest BCUT2D eigenvalue weighted by atomic mass is 10.1. The van der Waals surface area contributed by atoms with Gasteiger partial charge in [-0.3, -0.25) is 10.1 Å². The molecule has 142 valence electrons. The summed E-state index contributed by atoms with van der Waals surface area (Å²) in [6.07, 6.45) is 2.15. The van der Waals surface area contributed by atoms with Crippen molar-refractivity contribution in [3.8, 4) is 0 Å². The molecule has 2 heterocycles. The summed E-state index contributed by atoms with van der Waals surface area (Å²) in [5, 5.41) is 14.3. The van der Waals surface area contributed by atoms with Gasteiger partial charge in [-0.1, -0.05) is 0 Å². The maximum atomic E-state index is 13.0. The van der Waals surface area contributed by atoms with Gasteiger partial charge in [0.2, 0.25) is 5.82 Å². The SMILES string of the molecule is COC(=O)c1cnc(NCC2CCN(c3ccc(F)cc3)C2)c([N+](=O)[O-])c1. The number of esters is 1. The Morgan fingerprint density at radius 2 is 2.19 bits per heavy atom. The van der Waals surface area contributed by atoms with Crippen LogP contribution < -0.4 is 10.2 Å². The van der Waals surface area contributed by atoms with Gasteiger partial charge in [0.15, 0.2) is 0 Å². The molecule has 0 amide bonds. The summed E-state index contributed by atoms with van der Waals surface area (Å²) in [5.74, 6) is -0.572. The fourth-order valence-corrected chi connectivity index (χ4v) is 3.08. The van der Waals surface area contributed by atoms with Gasteiger partial charge >= 0.3 is 11.7 Å². The van der Waals surface area contributed by atoms with E-state index in [1.54, 1.807) is 12.1 Å². The zero-order valence-electron chi connectivity index (χ0n) is 14.7. The number of nitrogens with one attached hydrogen (secondary N) is 1. The number of halogens is 1. The Hall–Kier alpha value is -3.23. The van der Waals surface area contributed by atoms with Crippen molar-refractivity contribution in [1.29, 1.82) is 0 Å². The quantitative estimate of drug-likeness (QED) is 0.472. The van der Waals surface area contributed by atoms with Gasteiger partial charge in [0.1, 0.15) is 5.82 Å². The highest BCUT2D eigenvalue weighted by atomic mass is 19.1. The third-order valence-corrected chi connectivity index (χ3v) is 4.52. The fraction of sp³-hybridized carbons (Fsp3) is 0.333. The average Bonchev–Trinajstić information content (AvgIpc) is 3.15. The largest absolute Gasteiger partial charge is 0.465 e. The molecular formula is C18H19FN4O4. The molecular weight excluding hydrogens is 355 g/mol. The number of hydrogen-bond acceptors (Lipinski definition) is 7. The summed E-state index contributed by atoms with van der Waals surface area (Å²) >= 11 is 0. The van der Waals surface area contributed by atoms with Crippen molar-refractivity contribution in [2.45, 2.75) is 6.42 Å². The molecule has 1 N–H and O–H groups in total. The van der Waals surface area contributed by atoms with E-state index in [1.165, 1.54) is 25.4 Å². The summed E-state index contributed by atoms with van der Waals surface area (Å²) in [6, 6.07) is 7.49. The number of aromatic nitrogens is 1. The Kier molecular flexibility index (Phi) is 5.49. The molecule has 8 nitrogen and oxygen atoms in total. The van der Waals surface area contributed by atoms with Crippen molar-refractivity contribution in [2.24, 2.45) is 5.92 Å². The second-order valence-corrected chi connectivity index (χ2v) is 6.30. The molecule has 3 rings (SSSR count). The number of pyridine rings is 1. The first-order chi connectivity index (χ1) is 13.0. The Bertz CT molecular complexity index is 844. The number of methoxy groups -OCH3 is 1. The predicted molar refractivity (Wildman–Crippen MR) is 97.4 cm³/mol. The van der Waals surface area contributed by atoms with Crippen molar-refractivity contribution in [3.05, 3.63) is 58.0 Å². The molecule has 0 aliphatic carbocycles. The zero-order chi connectivity index (χ0) is 19.4. The van der Waals surface area contributed by atoms with Gasteiger partial charge in [0, 0.05) is 37.6 Å². The van der Waals surface area contributed by atoms with Crippen LogP contribution in [0.15, 0.2) is 36.5 Å². The smallest absolute Gasteiger partial charge is 0.339 e. The van der Waals surface area contributed by atoms with Crippen molar-refractivity contribution in [3.63, 3.8) is 0 Å². The van der Waals surface area contributed by atoms with Crippen LogP contribution in [0.4, 0.5) is 21.6 Å². The van der Waals surface area contributed by atoms with Gasteiger partial charge in [-0.2, -0.15) is 0 Å². The number of carbonyl (C=O) groups excluding carboxylic acids is 1. The molecule has 2 aromatic rings. The molecule has 1 aliphatic rings. The molecule has 9 heteroatoms. The van der Waals surface area contributed by atoms with Crippen LogP contribution in [0.2, 0.25) is 0 Å². The fourth-order valence-electron chi connectivity index (χ4n) is 3.08. The Morgan fingerprint density at radius 3 is 2.85 bits per heavy atom. The lowest BCUT2D eigenvalue weighted by molar-refractivity contribution is -0.384. The molecule has 0 radical (unpaired) electrons. The molecule has 1 fully saturated rings. The van der Waals surface area contributed by atoms with Crippen LogP contribution >= 0.6 is 0 Å². The summed E-state index contributed by atoms with van der Waals surface area (Å²) in [6.45, 7) is 2.09. The van der Waals surface area contributed by atoms with Crippen molar-refractivity contribution < 1.29 is 18.8 Å². The van der Waals surface area contributed by atoms with E-state index in [1.807, 2.05) is 0 Å². The molecule has 1 aliphatic heterocycles.